The molecule has 2 rings (SSSR count). The molecule has 18 heavy (non-hydrogen) atoms. The van der Waals surface area contributed by atoms with E-state index in [1.165, 1.54) is 4.31 Å². The van der Waals surface area contributed by atoms with Crippen molar-refractivity contribution in [1.29, 1.82) is 0 Å². The van der Waals surface area contributed by atoms with Crippen LogP contribution in [0.2, 0.25) is 0 Å². The Bertz CT molecular complexity index is 490. The highest BCUT2D eigenvalue weighted by Crippen LogP contribution is 2.23. The third kappa shape index (κ3) is 3.06. The molecule has 1 fully saturated rings. The van der Waals surface area contributed by atoms with Crippen LogP contribution < -0.4 is 5.32 Å². The van der Waals surface area contributed by atoms with Crippen LogP contribution in [0.3, 0.4) is 0 Å². The minimum Gasteiger partial charge on any atom is -0.465 e. The molecule has 2 heterocycles. The van der Waals surface area contributed by atoms with Crippen molar-refractivity contribution in [1.82, 2.24) is 9.62 Å². The van der Waals surface area contributed by atoms with Crippen molar-refractivity contribution >= 4 is 22.4 Å². The standard InChI is InChI=1S/C11H18N2O3S.ClH/c1-9-8-11(10(2)16-9)17(14,15)13-6-3-4-12-5-7-13;/h8,12H,3-7H2,1-2H3;1H. The van der Waals surface area contributed by atoms with Gasteiger partial charge in [0.25, 0.3) is 0 Å². The van der Waals surface area contributed by atoms with Crippen LogP contribution in [0.15, 0.2) is 15.4 Å². The zero-order chi connectivity index (χ0) is 12.5. The van der Waals surface area contributed by atoms with Crippen LogP contribution in [-0.4, -0.2) is 38.9 Å². The molecule has 0 atom stereocenters. The molecule has 1 aliphatic rings. The topological polar surface area (TPSA) is 62.6 Å². The number of sulfonamides is 1. The van der Waals surface area contributed by atoms with Crippen molar-refractivity contribution in [3.05, 3.63) is 17.6 Å². The van der Waals surface area contributed by atoms with E-state index in [0.717, 1.165) is 13.0 Å². The van der Waals surface area contributed by atoms with E-state index in [2.05, 4.69) is 5.32 Å². The maximum Gasteiger partial charge on any atom is 0.246 e. The maximum atomic E-state index is 12.4. The molecule has 1 saturated heterocycles. The van der Waals surface area contributed by atoms with Crippen LogP contribution in [0.5, 0.6) is 0 Å². The number of rotatable bonds is 2. The predicted molar refractivity (Wildman–Crippen MR) is 71.7 cm³/mol. The predicted octanol–water partition coefficient (Wildman–Crippen LogP) is 1.30. The highest BCUT2D eigenvalue weighted by Gasteiger charge is 2.28. The van der Waals surface area contributed by atoms with Gasteiger partial charge in [0, 0.05) is 19.6 Å². The smallest absolute Gasteiger partial charge is 0.246 e. The second-order valence-electron chi connectivity index (χ2n) is 4.29. The molecule has 0 unspecified atom stereocenters. The van der Waals surface area contributed by atoms with E-state index in [-0.39, 0.29) is 12.4 Å². The molecule has 7 heteroatoms. The molecule has 0 bridgehead atoms. The van der Waals surface area contributed by atoms with Crippen LogP contribution in [0, 0.1) is 13.8 Å². The Morgan fingerprint density at radius 1 is 1.28 bits per heavy atom. The van der Waals surface area contributed by atoms with Gasteiger partial charge in [-0.25, -0.2) is 8.42 Å². The first-order chi connectivity index (χ1) is 8.01. The number of hydrogen-bond donors (Lipinski definition) is 1. The molecule has 0 aromatic carbocycles. The van der Waals surface area contributed by atoms with Crippen LogP contribution >= 0.6 is 12.4 Å². The molecular formula is C11H19ClN2O3S. The number of aryl methyl sites for hydroxylation is 2. The number of nitrogens with one attached hydrogen (secondary N) is 1. The third-order valence-corrected chi connectivity index (χ3v) is 4.92. The van der Waals surface area contributed by atoms with Crippen molar-refractivity contribution in [3.8, 4) is 0 Å². The molecule has 5 nitrogen and oxygen atoms in total. The summed E-state index contributed by atoms with van der Waals surface area (Å²) in [5.74, 6) is 1.11. The van der Waals surface area contributed by atoms with Gasteiger partial charge in [0.05, 0.1) is 0 Å². The van der Waals surface area contributed by atoms with Gasteiger partial charge in [-0.05, 0) is 32.9 Å². The lowest BCUT2D eigenvalue weighted by Crippen LogP contribution is -2.34. The Morgan fingerprint density at radius 3 is 2.61 bits per heavy atom. The Balaban J connectivity index is 0.00000162. The molecule has 0 saturated carbocycles. The zero-order valence-corrected chi connectivity index (χ0v) is 12.2. The van der Waals surface area contributed by atoms with E-state index in [1.54, 1.807) is 19.9 Å². The molecule has 1 aliphatic heterocycles. The largest absolute Gasteiger partial charge is 0.465 e. The van der Waals surface area contributed by atoms with Gasteiger partial charge in [0.15, 0.2) is 0 Å². The van der Waals surface area contributed by atoms with Gasteiger partial charge in [0.2, 0.25) is 10.0 Å². The van der Waals surface area contributed by atoms with E-state index >= 15 is 0 Å². The summed E-state index contributed by atoms with van der Waals surface area (Å²) in [6.07, 6.45) is 0.842. The van der Waals surface area contributed by atoms with E-state index in [0.29, 0.717) is 36.1 Å². The van der Waals surface area contributed by atoms with Gasteiger partial charge < -0.3 is 9.73 Å². The Kier molecular flexibility index (Phi) is 5.21. The molecule has 0 radical (unpaired) electrons. The van der Waals surface area contributed by atoms with Crippen molar-refractivity contribution in [2.75, 3.05) is 26.2 Å². The van der Waals surface area contributed by atoms with Gasteiger partial charge >= 0.3 is 0 Å². The van der Waals surface area contributed by atoms with Crippen molar-refractivity contribution in [2.24, 2.45) is 0 Å². The average Bonchev–Trinajstić information content (AvgIpc) is 2.52. The van der Waals surface area contributed by atoms with E-state index in [4.69, 9.17) is 4.42 Å². The Labute approximate surface area is 114 Å². The molecule has 1 N–H and O–H groups in total. The first-order valence-electron chi connectivity index (χ1n) is 5.80. The van der Waals surface area contributed by atoms with Gasteiger partial charge in [-0.3, -0.25) is 0 Å². The molecule has 0 amide bonds. The highest BCUT2D eigenvalue weighted by atomic mass is 35.5. The van der Waals surface area contributed by atoms with Crippen LogP contribution in [-0.2, 0) is 10.0 Å². The summed E-state index contributed by atoms with van der Waals surface area (Å²) in [6.45, 7) is 6.11. The third-order valence-electron chi connectivity index (χ3n) is 2.91. The number of nitrogens with zero attached hydrogens (tertiary/aromatic N) is 1. The van der Waals surface area contributed by atoms with Crippen molar-refractivity contribution in [3.63, 3.8) is 0 Å². The zero-order valence-electron chi connectivity index (χ0n) is 10.6. The minimum atomic E-state index is -3.40. The van der Waals surface area contributed by atoms with Crippen molar-refractivity contribution in [2.45, 2.75) is 25.2 Å². The van der Waals surface area contributed by atoms with Gasteiger partial charge in [-0.15, -0.1) is 12.4 Å². The Morgan fingerprint density at radius 2 is 2.00 bits per heavy atom. The SMILES string of the molecule is Cc1cc(S(=O)(=O)N2CCCNCC2)c(C)o1.Cl. The highest BCUT2D eigenvalue weighted by molar-refractivity contribution is 7.89. The normalized spacial score (nSPS) is 18.1. The van der Waals surface area contributed by atoms with Crippen LogP contribution in [0.4, 0.5) is 0 Å². The summed E-state index contributed by atoms with van der Waals surface area (Å²) in [4.78, 5) is 0.303. The monoisotopic (exact) mass is 294 g/mol. The van der Waals surface area contributed by atoms with E-state index in [1.807, 2.05) is 0 Å². The lowest BCUT2D eigenvalue weighted by molar-refractivity contribution is 0.428. The van der Waals surface area contributed by atoms with E-state index < -0.39 is 10.0 Å². The van der Waals surface area contributed by atoms with Gasteiger partial charge in [0.1, 0.15) is 16.4 Å². The van der Waals surface area contributed by atoms with E-state index in [9.17, 15) is 8.42 Å². The summed E-state index contributed by atoms with van der Waals surface area (Å²) < 4.78 is 31.7. The number of furan rings is 1. The summed E-state index contributed by atoms with van der Waals surface area (Å²) in [5.41, 5.74) is 0. The first-order valence-corrected chi connectivity index (χ1v) is 7.24. The summed E-state index contributed by atoms with van der Waals surface area (Å²) in [5, 5.41) is 3.19. The quantitative estimate of drug-likeness (QED) is 0.893. The van der Waals surface area contributed by atoms with Gasteiger partial charge in [-0.2, -0.15) is 4.31 Å². The average molecular weight is 295 g/mol. The lowest BCUT2D eigenvalue weighted by atomic mass is 10.4. The molecule has 1 aromatic rings. The second-order valence-corrected chi connectivity index (χ2v) is 6.19. The van der Waals surface area contributed by atoms with Crippen LogP contribution in [0.25, 0.3) is 0 Å². The molecule has 1 aromatic heterocycles. The summed E-state index contributed by atoms with van der Waals surface area (Å²) in [7, 11) is -3.40. The molecule has 104 valence electrons. The fraction of sp³-hybridized carbons (Fsp3) is 0.636. The molecule has 0 aliphatic carbocycles. The fourth-order valence-corrected chi connectivity index (χ4v) is 3.76. The maximum absolute atomic E-state index is 12.4. The second kappa shape index (κ2) is 6.06. The fourth-order valence-electron chi connectivity index (χ4n) is 2.06. The summed E-state index contributed by atoms with van der Waals surface area (Å²) >= 11 is 0. The van der Waals surface area contributed by atoms with Crippen molar-refractivity contribution < 1.29 is 12.8 Å². The Hall–Kier alpha value is -0.560. The first kappa shape index (κ1) is 15.5. The molecule has 0 spiro atoms. The summed E-state index contributed by atoms with van der Waals surface area (Å²) in [6, 6.07) is 1.60. The number of halogens is 1. The van der Waals surface area contributed by atoms with Crippen LogP contribution in [0.1, 0.15) is 17.9 Å². The van der Waals surface area contributed by atoms with Gasteiger partial charge in [-0.1, -0.05) is 0 Å². The molecular weight excluding hydrogens is 276 g/mol. The minimum absolute atomic E-state index is 0. The lowest BCUT2D eigenvalue weighted by Gasteiger charge is -2.18. The number of hydrogen-bond acceptors (Lipinski definition) is 4.